The van der Waals surface area contributed by atoms with E-state index in [1.54, 1.807) is 6.92 Å². The van der Waals surface area contributed by atoms with Crippen molar-refractivity contribution in [2.45, 2.75) is 24.3 Å². The summed E-state index contributed by atoms with van der Waals surface area (Å²) in [5.41, 5.74) is 0.432. The van der Waals surface area contributed by atoms with Gasteiger partial charge in [0.15, 0.2) is 15.9 Å². The van der Waals surface area contributed by atoms with Crippen molar-refractivity contribution in [2.75, 3.05) is 11.5 Å². The summed E-state index contributed by atoms with van der Waals surface area (Å²) in [7, 11) is -3.35. The molecule has 0 bridgehead atoms. The van der Waals surface area contributed by atoms with Crippen LogP contribution >= 0.6 is 11.8 Å². The summed E-state index contributed by atoms with van der Waals surface area (Å²) in [5.74, 6) is -0.664. The maximum absolute atomic E-state index is 11.8. The van der Waals surface area contributed by atoms with Crippen LogP contribution in [-0.4, -0.2) is 47.2 Å². The SMILES string of the molecule is CCS(=O)(=O)c1ccc(O)c(CC2=N[C@H](C(=O)O)CS2)c1. The van der Waals surface area contributed by atoms with Gasteiger partial charge in [0.2, 0.25) is 0 Å². The van der Waals surface area contributed by atoms with E-state index in [-0.39, 0.29) is 22.8 Å². The lowest BCUT2D eigenvalue weighted by atomic mass is 10.1. The first kappa shape index (κ1) is 15.8. The number of hydrogen-bond donors (Lipinski definition) is 2. The molecule has 1 aromatic carbocycles. The molecule has 2 N–H and O–H groups in total. The fourth-order valence-electron chi connectivity index (χ4n) is 1.87. The van der Waals surface area contributed by atoms with Crippen LogP contribution in [0.4, 0.5) is 0 Å². The number of carboxylic acids is 1. The number of carbonyl (C=O) groups is 1. The van der Waals surface area contributed by atoms with Gasteiger partial charge in [-0.1, -0.05) is 6.92 Å². The minimum absolute atomic E-state index is 0.0198. The van der Waals surface area contributed by atoms with E-state index >= 15 is 0 Å². The number of phenolic OH excluding ortho intramolecular Hbond substituents is 1. The van der Waals surface area contributed by atoms with Gasteiger partial charge in [0.05, 0.1) is 15.7 Å². The quantitative estimate of drug-likeness (QED) is 0.844. The first-order valence-electron chi connectivity index (χ1n) is 6.30. The van der Waals surface area contributed by atoms with Gasteiger partial charge in [0.1, 0.15) is 5.75 Å². The highest BCUT2D eigenvalue weighted by molar-refractivity contribution is 8.14. The molecule has 1 aliphatic heterocycles. The normalized spacial score (nSPS) is 18.5. The van der Waals surface area contributed by atoms with Gasteiger partial charge in [-0.05, 0) is 18.2 Å². The minimum Gasteiger partial charge on any atom is -0.508 e. The van der Waals surface area contributed by atoms with Crippen molar-refractivity contribution in [3.8, 4) is 5.75 Å². The molecule has 6 nitrogen and oxygen atoms in total. The third-order valence-electron chi connectivity index (χ3n) is 3.12. The van der Waals surface area contributed by atoms with Gasteiger partial charge in [-0.15, -0.1) is 11.8 Å². The molecule has 1 aromatic rings. The Labute approximate surface area is 126 Å². The largest absolute Gasteiger partial charge is 0.508 e. The average Bonchev–Trinajstić information content (AvgIpc) is 2.90. The van der Waals surface area contributed by atoms with E-state index in [1.165, 1.54) is 30.0 Å². The number of thioether (sulfide) groups is 1. The van der Waals surface area contributed by atoms with Crippen LogP contribution in [0, 0.1) is 0 Å². The number of phenols is 1. The van der Waals surface area contributed by atoms with Crippen LogP contribution in [0.5, 0.6) is 5.75 Å². The topological polar surface area (TPSA) is 104 Å². The summed E-state index contributed by atoms with van der Waals surface area (Å²) in [5, 5.41) is 19.3. The van der Waals surface area contributed by atoms with Crippen molar-refractivity contribution in [2.24, 2.45) is 4.99 Å². The lowest BCUT2D eigenvalue weighted by Crippen LogP contribution is -2.17. The lowest BCUT2D eigenvalue weighted by Gasteiger charge is -2.07. The Morgan fingerprint density at radius 2 is 2.19 bits per heavy atom. The number of aliphatic carboxylic acids is 1. The Morgan fingerprint density at radius 1 is 1.48 bits per heavy atom. The van der Waals surface area contributed by atoms with Crippen LogP contribution in [0.25, 0.3) is 0 Å². The van der Waals surface area contributed by atoms with Gasteiger partial charge in [-0.25, -0.2) is 13.2 Å². The van der Waals surface area contributed by atoms with Crippen molar-refractivity contribution >= 4 is 32.6 Å². The Morgan fingerprint density at radius 3 is 2.76 bits per heavy atom. The van der Waals surface area contributed by atoms with Crippen LogP contribution < -0.4 is 0 Å². The molecular formula is C13H15NO5S2. The van der Waals surface area contributed by atoms with Crippen molar-refractivity contribution in [3.63, 3.8) is 0 Å². The Balaban J connectivity index is 2.27. The number of aromatic hydroxyl groups is 1. The summed E-state index contributed by atoms with van der Waals surface area (Å²) in [4.78, 5) is 15.0. The Bertz CT molecular complexity index is 697. The summed E-state index contributed by atoms with van der Waals surface area (Å²) in [6.45, 7) is 1.55. The smallest absolute Gasteiger partial charge is 0.329 e. The van der Waals surface area contributed by atoms with E-state index in [0.717, 1.165) is 0 Å². The van der Waals surface area contributed by atoms with Crippen LogP contribution in [0.1, 0.15) is 12.5 Å². The molecule has 0 fully saturated rings. The van der Waals surface area contributed by atoms with Gasteiger partial charge in [0.25, 0.3) is 0 Å². The Kier molecular flexibility index (Phi) is 4.58. The molecule has 114 valence electrons. The molecular weight excluding hydrogens is 314 g/mol. The number of carboxylic acid groups (broad SMARTS) is 1. The van der Waals surface area contributed by atoms with Crippen LogP contribution in [0.3, 0.4) is 0 Å². The second kappa shape index (κ2) is 6.07. The molecule has 1 aliphatic rings. The number of nitrogens with zero attached hydrogens (tertiary/aromatic N) is 1. The predicted octanol–water partition coefficient (Wildman–Crippen LogP) is 1.33. The zero-order valence-electron chi connectivity index (χ0n) is 11.3. The van der Waals surface area contributed by atoms with Crippen LogP contribution in [0.15, 0.2) is 28.1 Å². The molecule has 0 saturated carbocycles. The van der Waals surface area contributed by atoms with E-state index in [9.17, 15) is 18.3 Å². The fraction of sp³-hybridized carbons (Fsp3) is 0.385. The monoisotopic (exact) mass is 329 g/mol. The number of hydrogen-bond acceptors (Lipinski definition) is 6. The molecule has 8 heteroatoms. The molecule has 1 atom stereocenters. The highest BCUT2D eigenvalue weighted by Crippen LogP contribution is 2.27. The van der Waals surface area contributed by atoms with Gasteiger partial charge >= 0.3 is 5.97 Å². The summed E-state index contributed by atoms with van der Waals surface area (Å²) < 4.78 is 23.7. The molecule has 2 rings (SSSR count). The molecule has 0 amide bonds. The minimum atomic E-state index is -3.35. The summed E-state index contributed by atoms with van der Waals surface area (Å²) >= 11 is 1.31. The number of benzene rings is 1. The van der Waals surface area contributed by atoms with Crippen molar-refractivity contribution in [3.05, 3.63) is 23.8 Å². The van der Waals surface area contributed by atoms with Crippen molar-refractivity contribution < 1.29 is 23.4 Å². The average molecular weight is 329 g/mol. The molecule has 0 saturated heterocycles. The molecule has 0 aromatic heterocycles. The maximum Gasteiger partial charge on any atom is 0.329 e. The Hall–Kier alpha value is -1.54. The lowest BCUT2D eigenvalue weighted by molar-refractivity contribution is -0.137. The van der Waals surface area contributed by atoms with Gasteiger partial charge in [0, 0.05) is 17.7 Å². The zero-order valence-corrected chi connectivity index (χ0v) is 12.9. The van der Waals surface area contributed by atoms with E-state index < -0.39 is 21.8 Å². The zero-order chi connectivity index (χ0) is 15.6. The van der Waals surface area contributed by atoms with E-state index in [4.69, 9.17) is 5.11 Å². The number of rotatable bonds is 5. The standard InChI is InChI=1S/C13H15NO5S2/c1-2-21(18,19)9-3-4-11(15)8(5-9)6-12-14-10(7-20-12)13(16)17/h3-5,10,15H,2,6-7H2,1H3,(H,16,17)/t10-/m0/s1. The predicted molar refractivity (Wildman–Crippen MR) is 80.9 cm³/mol. The first-order chi connectivity index (χ1) is 9.83. The van der Waals surface area contributed by atoms with Crippen molar-refractivity contribution in [1.29, 1.82) is 0 Å². The molecule has 1 heterocycles. The third kappa shape index (κ3) is 3.56. The van der Waals surface area contributed by atoms with Gasteiger partial charge in [-0.3, -0.25) is 4.99 Å². The molecule has 0 radical (unpaired) electrons. The van der Waals surface area contributed by atoms with Gasteiger partial charge < -0.3 is 10.2 Å². The van der Waals surface area contributed by atoms with Crippen molar-refractivity contribution in [1.82, 2.24) is 0 Å². The maximum atomic E-state index is 11.8. The molecule has 0 spiro atoms. The van der Waals surface area contributed by atoms with E-state index in [0.29, 0.717) is 16.4 Å². The highest BCUT2D eigenvalue weighted by atomic mass is 32.2. The van der Waals surface area contributed by atoms with Gasteiger partial charge in [-0.2, -0.15) is 0 Å². The number of aliphatic imine (C=N–C) groups is 1. The summed E-state index contributed by atoms with van der Waals surface area (Å²) in [6.07, 6.45) is 0.230. The van der Waals surface area contributed by atoms with Crippen LogP contribution in [0.2, 0.25) is 0 Å². The molecule has 0 unspecified atom stereocenters. The van der Waals surface area contributed by atoms with E-state index in [2.05, 4.69) is 4.99 Å². The summed E-state index contributed by atoms with van der Waals surface area (Å²) in [6, 6.07) is 3.36. The second-order valence-electron chi connectivity index (χ2n) is 4.56. The fourth-order valence-corrected chi connectivity index (χ4v) is 3.83. The first-order valence-corrected chi connectivity index (χ1v) is 8.94. The molecule has 0 aliphatic carbocycles. The molecule has 21 heavy (non-hydrogen) atoms. The highest BCUT2D eigenvalue weighted by Gasteiger charge is 2.25. The van der Waals surface area contributed by atoms with Crippen LogP contribution in [-0.2, 0) is 21.1 Å². The third-order valence-corrected chi connectivity index (χ3v) is 5.92. The van der Waals surface area contributed by atoms with E-state index in [1.807, 2.05) is 0 Å². The number of sulfone groups is 1. The second-order valence-corrected chi connectivity index (χ2v) is 7.93.